The van der Waals surface area contributed by atoms with Crippen LogP contribution in [0, 0.1) is 11.6 Å². The Morgan fingerprint density at radius 2 is 1.96 bits per heavy atom. The molecule has 6 nitrogen and oxygen atoms in total. The highest BCUT2D eigenvalue weighted by atomic mass is 19.1. The highest BCUT2D eigenvalue weighted by Crippen LogP contribution is 2.24. The van der Waals surface area contributed by atoms with Gasteiger partial charge in [-0.2, -0.15) is 4.98 Å². The fraction of sp³-hybridized carbons (Fsp3) is 0.235. The average molecular weight is 348 g/mol. The van der Waals surface area contributed by atoms with Crippen molar-refractivity contribution < 1.29 is 17.9 Å². The van der Waals surface area contributed by atoms with E-state index in [-0.39, 0.29) is 22.7 Å². The van der Waals surface area contributed by atoms with Crippen LogP contribution >= 0.6 is 0 Å². The topological polar surface area (TPSA) is 85.2 Å². The molecule has 2 heterocycles. The lowest BCUT2D eigenvalue weighted by Gasteiger charge is -2.15. The Balaban J connectivity index is 2.06. The minimum Gasteiger partial charge on any atom is -0.457 e. The minimum atomic E-state index is -1.07. The fourth-order valence-corrected chi connectivity index (χ4v) is 2.59. The summed E-state index contributed by atoms with van der Waals surface area (Å²) < 4.78 is 37.9. The van der Waals surface area contributed by atoms with Crippen LogP contribution in [0.3, 0.4) is 0 Å². The summed E-state index contributed by atoms with van der Waals surface area (Å²) in [6.07, 6.45) is -0.632. The Hall–Kier alpha value is -3.03. The number of nitrogens with zero attached hydrogens (tertiary/aromatic N) is 1. The molecule has 0 aliphatic carbocycles. The lowest BCUT2D eigenvalue weighted by atomic mass is 10.1. The van der Waals surface area contributed by atoms with Gasteiger partial charge in [0.05, 0.1) is 5.56 Å². The molecule has 0 radical (unpaired) electrons. The van der Waals surface area contributed by atoms with E-state index in [9.17, 15) is 18.4 Å². The molecule has 0 aliphatic heterocycles. The second-order valence-electron chi connectivity index (χ2n) is 5.39. The maximum absolute atomic E-state index is 13.8. The van der Waals surface area contributed by atoms with Gasteiger partial charge in [0.1, 0.15) is 23.1 Å². The molecule has 1 aromatic carbocycles. The molecule has 0 aliphatic rings. The molecule has 1 N–H and O–H groups in total. The average Bonchev–Trinajstić information content (AvgIpc) is 2.53. The summed E-state index contributed by atoms with van der Waals surface area (Å²) >= 11 is 0. The van der Waals surface area contributed by atoms with Crippen LogP contribution in [0.2, 0.25) is 0 Å². The number of ether oxygens (including phenoxy) is 1. The number of aryl methyl sites for hydroxylation is 1. The third-order valence-electron chi connectivity index (χ3n) is 3.75. The van der Waals surface area contributed by atoms with E-state index >= 15 is 0 Å². The van der Waals surface area contributed by atoms with Gasteiger partial charge in [0.2, 0.25) is 5.71 Å². The Morgan fingerprint density at radius 1 is 1.28 bits per heavy atom. The van der Waals surface area contributed by atoms with Crippen molar-refractivity contribution in [2.75, 3.05) is 0 Å². The molecule has 25 heavy (non-hydrogen) atoms. The van der Waals surface area contributed by atoms with Crippen molar-refractivity contribution >= 4 is 11.1 Å². The number of hydrogen-bond donors (Lipinski definition) is 1. The molecule has 0 bridgehead atoms. The summed E-state index contributed by atoms with van der Waals surface area (Å²) in [4.78, 5) is 30.1. The number of aromatic amines is 1. The molecular weight excluding hydrogens is 334 g/mol. The molecular formula is C17H14F2N2O4. The van der Waals surface area contributed by atoms with E-state index in [1.54, 1.807) is 6.92 Å². The van der Waals surface area contributed by atoms with Gasteiger partial charge in [-0.05, 0) is 31.0 Å². The van der Waals surface area contributed by atoms with Gasteiger partial charge in [-0.1, -0.05) is 13.0 Å². The maximum atomic E-state index is 13.8. The summed E-state index contributed by atoms with van der Waals surface area (Å²) in [7, 11) is 0. The van der Waals surface area contributed by atoms with Gasteiger partial charge in [0.15, 0.2) is 0 Å². The van der Waals surface area contributed by atoms with Crippen LogP contribution in [-0.2, 0) is 6.42 Å². The number of hydrogen-bond acceptors (Lipinski definition) is 5. The highest BCUT2D eigenvalue weighted by molar-refractivity contribution is 5.75. The summed E-state index contributed by atoms with van der Waals surface area (Å²) in [6.45, 7) is 3.19. The second-order valence-corrected chi connectivity index (χ2v) is 5.39. The predicted octanol–water partition coefficient (Wildman–Crippen LogP) is 2.86. The Labute approximate surface area is 140 Å². The molecule has 0 fully saturated rings. The summed E-state index contributed by atoms with van der Waals surface area (Å²) in [5.74, 6) is -1.56. The standard InChI is InChI=1S/C17H14F2N2O4/c1-3-9-7-12(22)25-16-14(9)15(23)20-17(21-16)24-8(2)13-10(18)5-4-6-11(13)19/h4-8H,3H2,1-2H3,(H,20,21,23). The summed E-state index contributed by atoms with van der Waals surface area (Å²) in [5.41, 5.74) is -1.22. The van der Waals surface area contributed by atoms with Crippen LogP contribution in [0.1, 0.15) is 31.1 Å². The first kappa shape index (κ1) is 16.8. The van der Waals surface area contributed by atoms with Crippen molar-refractivity contribution in [1.29, 1.82) is 0 Å². The predicted molar refractivity (Wildman–Crippen MR) is 85.7 cm³/mol. The van der Waals surface area contributed by atoms with Crippen molar-refractivity contribution in [2.45, 2.75) is 26.4 Å². The van der Waals surface area contributed by atoms with E-state index < -0.39 is 28.9 Å². The molecule has 0 saturated carbocycles. The van der Waals surface area contributed by atoms with Crippen molar-refractivity contribution in [3.05, 3.63) is 67.8 Å². The van der Waals surface area contributed by atoms with Crippen molar-refractivity contribution in [3.63, 3.8) is 0 Å². The number of benzene rings is 1. The van der Waals surface area contributed by atoms with Gasteiger partial charge >= 0.3 is 5.63 Å². The molecule has 3 rings (SSSR count). The van der Waals surface area contributed by atoms with Crippen molar-refractivity contribution in [3.8, 4) is 6.01 Å². The van der Waals surface area contributed by atoms with Crippen LogP contribution in [0.15, 0.2) is 38.3 Å². The molecule has 130 valence electrons. The van der Waals surface area contributed by atoms with Gasteiger partial charge in [-0.25, -0.2) is 13.6 Å². The van der Waals surface area contributed by atoms with Crippen LogP contribution in [-0.4, -0.2) is 9.97 Å². The SMILES string of the molecule is CCc1cc(=O)oc2nc(OC(C)c3c(F)cccc3F)[nH]c(=O)c12. The van der Waals surface area contributed by atoms with Crippen LogP contribution < -0.4 is 15.9 Å². The van der Waals surface area contributed by atoms with E-state index in [1.807, 2.05) is 0 Å². The number of aromatic nitrogens is 2. The molecule has 1 unspecified atom stereocenters. The van der Waals surface area contributed by atoms with Crippen LogP contribution in [0.25, 0.3) is 11.1 Å². The number of nitrogens with one attached hydrogen (secondary N) is 1. The van der Waals surface area contributed by atoms with Crippen molar-refractivity contribution in [2.24, 2.45) is 0 Å². The normalized spacial score (nSPS) is 12.3. The van der Waals surface area contributed by atoms with Crippen LogP contribution in [0.5, 0.6) is 6.01 Å². The van der Waals surface area contributed by atoms with Crippen molar-refractivity contribution in [1.82, 2.24) is 9.97 Å². The minimum absolute atomic E-state index is 0.138. The van der Waals surface area contributed by atoms with Crippen LogP contribution in [0.4, 0.5) is 8.78 Å². The number of H-pyrrole nitrogens is 1. The Kier molecular flexibility index (Phi) is 4.35. The van der Waals surface area contributed by atoms with Gasteiger partial charge in [-0.3, -0.25) is 9.78 Å². The second kappa shape index (κ2) is 6.46. The molecule has 0 saturated heterocycles. The third kappa shape index (κ3) is 3.15. The van der Waals surface area contributed by atoms with Gasteiger partial charge in [0.25, 0.3) is 11.6 Å². The first-order chi connectivity index (χ1) is 11.9. The van der Waals surface area contributed by atoms with Gasteiger partial charge < -0.3 is 9.15 Å². The molecule has 2 aromatic heterocycles. The molecule has 1 atom stereocenters. The maximum Gasteiger partial charge on any atom is 0.337 e. The lowest BCUT2D eigenvalue weighted by Crippen LogP contribution is -2.17. The largest absolute Gasteiger partial charge is 0.457 e. The molecule has 3 aromatic rings. The van der Waals surface area contributed by atoms with E-state index in [0.717, 1.165) is 12.1 Å². The zero-order valence-corrected chi connectivity index (χ0v) is 13.4. The first-order valence-electron chi connectivity index (χ1n) is 7.58. The zero-order valence-electron chi connectivity index (χ0n) is 13.4. The fourth-order valence-electron chi connectivity index (χ4n) is 2.59. The third-order valence-corrected chi connectivity index (χ3v) is 3.75. The zero-order chi connectivity index (χ0) is 18.1. The first-order valence-corrected chi connectivity index (χ1v) is 7.58. The molecule has 8 heteroatoms. The number of rotatable bonds is 4. The van der Waals surface area contributed by atoms with E-state index in [0.29, 0.717) is 12.0 Å². The molecule has 0 spiro atoms. The lowest BCUT2D eigenvalue weighted by molar-refractivity contribution is 0.197. The summed E-state index contributed by atoms with van der Waals surface area (Å²) in [5, 5.41) is 0.138. The van der Waals surface area contributed by atoms with Gasteiger partial charge in [0, 0.05) is 6.07 Å². The highest BCUT2D eigenvalue weighted by Gasteiger charge is 2.20. The summed E-state index contributed by atoms with van der Waals surface area (Å²) in [6, 6.07) is 4.35. The number of fused-ring (bicyclic) bond motifs is 1. The Morgan fingerprint density at radius 3 is 2.60 bits per heavy atom. The van der Waals surface area contributed by atoms with Gasteiger partial charge in [-0.15, -0.1) is 0 Å². The molecule has 0 amide bonds. The number of halogens is 2. The van der Waals surface area contributed by atoms with E-state index in [4.69, 9.17) is 9.15 Å². The quantitative estimate of drug-likeness (QED) is 0.784. The van der Waals surface area contributed by atoms with E-state index in [1.165, 1.54) is 19.1 Å². The Bertz CT molecular complexity index is 1040. The monoisotopic (exact) mass is 348 g/mol. The van der Waals surface area contributed by atoms with E-state index in [2.05, 4.69) is 9.97 Å². The smallest absolute Gasteiger partial charge is 0.337 e.